The van der Waals surface area contributed by atoms with Crippen molar-refractivity contribution in [3.63, 3.8) is 0 Å². The minimum Gasteiger partial charge on any atom is -0.459 e. The molecule has 0 spiro atoms. The van der Waals surface area contributed by atoms with E-state index in [1.165, 1.54) is 38.5 Å². The van der Waals surface area contributed by atoms with Crippen molar-refractivity contribution in [2.75, 3.05) is 19.6 Å². The molecule has 3 heterocycles. The Hall–Kier alpha value is -2.49. The van der Waals surface area contributed by atoms with E-state index >= 15 is 0 Å². The standard InChI is InChI=1S/C54H93N3O6/c1-16-19-22-31-55-49(4,5)28-25-43(37-52(55,10)11)61-46(58)40-34-41(47(59)62-44-26-29-50(6,7)56(32-23-20-17-2)53(12,13)38-44)36-42(35-40)48(60)63-45-27-30-51(8,9)57(33-24-21-18-3)54(14,15)39-45/h34-36,43-45H,16-33,37-39H2,1-15H3. The first-order valence-corrected chi connectivity index (χ1v) is 25.4. The molecule has 360 valence electrons. The molecular weight excluding hydrogens is 787 g/mol. The number of hydrogen-bond donors (Lipinski definition) is 0. The Balaban J connectivity index is 1.64. The molecule has 9 nitrogen and oxygen atoms in total. The maximum absolute atomic E-state index is 14.4. The smallest absolute Gasteiger partial charge is 0.338 e. The molecule has 0 N–H and O–H groups in total. The summed E-state index contributed by atoms with van der Waals surface area (Å²) in [5.74, 6) is -1.59. The van der Waals surface area contributed by atoms with Gasteiger partial charge in [0.25, 0.3) is 0 Å². The van der Waals surface area contributed by atoms with Crippen LogP contribution in [-0.4, -0.2) is 104 Å². The lowest BCUT2D eigenvalue weighted by Crippen LogP contribution is -2.55. The summed E-state index contributed by atoms with van der Waals surface area (Å²) < 4.78 is 19.2. The molecule has 9 heteroatoms. The first-order chi connectivity index (χ1) is 29.3. The Labute approximate surface area is 385 Å². The van der Waals surface area contributed by atoms with Crippen LogP contribution >= 0.6 is 0 Å². The zero-order chi connectivity index (χ0) is 47.0. The van der Waals surface area contributed by atoms with Gasteiger partial charge in [-0.05, 0) is 179 Å². The second kappa shape index (κ2) is 21.9. The highest BCUT2D eigenvalue weighted by atomic mass is 16.6. The average molecular weight is 880 g/mol. The Morgan fingerprint density at radius 3 is 0.889 bits per heavy atom. The zero-order valence-corrected chi connectivity index (χ0v) is 43.1. The van der Waals surface area contributed by atoms with Gasteiger partial charge in [-0.3, -0.25) is 14.7 Å². The van der Waals surface area contributed by atoms with Crippen LogP contribution in [0.3, 0.4) is 0 Å². The van der Waals surface area contributed by atoms with E-state index in [0.717, 1.165) is 77.4 Å². The van der Waals surface area contributed by atoms with Crippen LogP contribution in [0.1, 0.15) is 251 Å². The number of hydrogen-bond acceptors (Lipinski definition) is 9. The number of nitrogens with zero attached hydrogens (tertiary/aromatic N) is 3. The van der Waals surface area contributed by atoms with Gasteiger partial charge < -0.3 is 14.2 Å². The second-order valence-electron chi connectivity index (χ2n) is 23.6. The summed E-state index contributed by atoms with van der Waals surface area (Å²) >= 11 is 0. The van der Waals surface area contributed by atoms with Gasteiger partial charge in [0.2, 0.25) is 0 Å². The van der Waals surface area contributed by atoms with E-state index in [9.17, 15) is 14.4 Å². The zero-order valence-electron chi connectivity index (χ0n) is 43.1. The Morgan fingerprint density at radius 2 is 0.667 bits per heavy atom. The number of likely N-dealkylation sites (tertiary alicyclic amines) is 3. The van der Waals surface area contributed by atoms with Crippen molar-refractivity contribution in [1.82, 2.24) is 14.7 Å². The van der Waals surface area contributed by atoms with Gasteiger partial charge in [-0.15, -0.1) is 0 Å². The highest BCUT2D eigenvalue weighted by Crippen LogP contribution is 2.41. The number of ether oxygens (including phenoxy) is 3. The topological polar surface area (TPSA) is 88.6 Å². The summed E-state index contributed by atoms with van der Waals surface area (Å²) in [6, 6.07) is 4.70. The maximum Gasteiger partial charge on any atom is 0.338 e. The van der Waals surface area contributed by atoms with E-state index in [2.05, 4.69) is 119 Å². The monoisotopic (exact) mass is 880 g/mol. The molecule has 0 amide bonds. The molecule has 0 bridgehead atoms. The summed E-state index contributed by atoms with van der Waals surface area (Å²) in [4.78, 5) is 50.9. The van der Waals surface area contributed by atoms with E-state index in [4.69, 9.17) is 14.2 Å². The molecule has 1 aromatic rings. The minimum absolute atomic E-state index is 0.0539. The first kappa shape index (κ1) is 53.1. The van der Waals surface area contributed by atoms with Crippen molar-refractivity contribution in [1.29, 1.82) is 0 Å². The molecule has 0 aromatic heterocycles. The van der Waals surface area contributed by atoms with Crippen molar-refractivity contribution in [2.24, 2.45) is 0 Å². The van der Waals surface area contributed by atoms with Crippen LogP contribution in [0.15, 0.2) is 18.2 Å². The molecule has 0 radical (unpaired) electrons. The van der Waals surface area contributed by atoms with Crippen LogP contribution < -0.4 is 0 Å². The Kier molecular flexibility index (Phi) is 18.4. The lowest BCUT2D eigenvalue weighted by Gasteiger charge is -2.47. The first-order valence-electron chi connectivity index (χ1n) is 25.4. The number of carbonyl (C=O) groups is 3. The minimum atomic E-state index is -0.531. The van der Waals surface area contributed by atoms with Crippen LogP contribution in [0.25, 0.3) is 0 Å². The SMILES string of the molecule is CCCCCN1C(C)(C)CCC(OC(=O)c2cc(C(=O)OC3CCC(C)(C)N(CCCCC)C(C)(C)C3)cc(C(=O)OC3CCC(C)(C)N(CCCCC)C(C)(C)C3)c2)CC1(C)C. The number of unbranched alkanes of at least 4 members (excludes halogenated alkanes) is 6. The van der Waals surface area contributed by atoms with Gasteiger partial charge in [-0.1, -0.05) is 59.3 Å². The average Bonchev–Trinajstić information content (AvgIpc) is 3.37. The molecule has 3 aliphatic heterocycles. The third kappa shape index (κ3) is 14.3. The van der Waals surface area contributed by atoms with Crippen molar-refractivity contribution in [2.45, 2.75) is 271 Å². The van der Waals surface area contributed by atoms with E-state index < -0.39 is 17.9 Å². The molecule has 3 atom stereocenters. The van der Waals surface area contributed by atoms with Gasteiger partial charge in [0.05, 0.1) is 16.7 Å². The van der Waals surface area contributed by atoms with Gasteiger partial charge >= 0.3 is 17.9 Å². The summed E-state index contributed by atoms with van der Waals surface area (Å²) in [5.41, 5.74) is -0.232. The second-order valence-corrected chi connectivity index (χ2v) is 23.6. The third-order valence-corrected chi connectivity index (χ3v) is 15.2. The van der Waals surface area contributed by atoms with Crippen LogP contribution in [0.5, 0.6) is 0 Å². The fourth-order valence-electron chi connectivity index (χ4n) is 12.0. The van der Waals surface area contributed by atoms with E-state index in [1.807, 2.05) is 0 Å². The molecule has 4 rings (SSSR count). The van der Waals surface area contributed by atoms with Gasteiger partial charge in [0, 0.05) is 52.5 Å². The Bertz CT molecular complexity index is 1460. The molecule has 0 saturated carbocycles. The number of rotatable bonds is 18. The predicted molar refractivity (Wildman–Crippen MR) is 259 cm³/mol. The van der Waals surface area contributed by atoms with Crippen LogP contribution in [0, 0.1) is 0 Å². The van der Waals surface area contributed by atoms with Gasteiger partial charge in [0.15, 0.2) is 0 Å². The third-order valence-electron chi connectivity index (χ3n) is 15.2. The molecule has 1 aromatic carbocycles. The van der Waals surface area contributed by atoms with E-state index in [1.54, 1.807) is 18.2 Å². The normalized spacial score (nSPS) is 25.9. The van der Waals surface area contributed by atoms with Crippen LogP contribution in [-0.2, 0) is 14.2 Å². The summed E-state index contributed by atoms with van der Waals surface area (Å²) in [7, 11) is 0. The highest BCUT2D eigenvalue weighted by molar-refractivity contribution is 6.00. The number of benzene rings is 1. The van der Waals surface area contributed by atoms with Crippen molar-refractivity contribution >= 4 is 17.9 Å². The lowest BCUT2D eigenvalue weighted by atomic mass is 9.91. The molecule has 3 aliphatic rings. The quantitative estimate of drug-likeness (QED) is 0.0812. The molecular formula is C54H93N3O6. The van der Waals surface area contributed by atoms with Gasteiger partial charge in [-0.2, -0.15) is 0 Å². The summed E-state index contributed by atoms with van der Waals surface area (Å²) in [5, 5.41) is 0. The Morgan fingerprint density at radius 1 is 0.429 bits per heavy atom. The largest absolute Gasteiger partial charge is 0.459 e. The van der Waals surface area contributed by atoms with Crippen LogP contribution in [0.2, 0.25) is 0 Å². The predicted octanol–water partition coefficient (Wildman–Crippen LogP) is 13.0. The van der Waals surface area contributed by atoms with E-state index in [0.29, 0.717) is 19.3 Å². The fourth-order valence-corrected chi connectivity index (χ4v) is 12.0. The van der Waals surface area contributed by atoms with Gasteiger partial charge in [0.1, 0.15) is 18.3 Å². The van der Waals surface area contributed by atoms with Crippen molar-refractivity contribution in [3.8, 4) is 0 Å². The lowest BCUT2D eigenvalue weighted by molar-refractivity contribution is -0.00156. The summed E-state index contributed by atoms with van der Waals surface area (Å²) in [6.07, 6.45) is 16.5. The summed E-state index contributed by atoms with van der Waals surface area (Å²) in [6.45, 7) is 37.1. The molecule has 3 unspecified atom stereocenters. The maximum atomic E-state index is 14.4. The van der Waals surface area contributed by atoms with Crippen LogP contribution in [0.4, 0.5) is 0 Å². The molecule has 0 aliphatic carbocycles. The van der Waals surface area contributed by atoms with Crippen molar-refractivity contribution < 1.29 is 28.6 Å². The van der Waals surface area contributed by atoms with Crippen molar-refractivity contribution in [3.05, 3.63) is 34.9 Å². The molecule has 63 heavy (non-hydrogen) atoms. The fraction of sp³-hybridized carbons (Fsp3) is 0.833. The molecule has 3 fully saturated rings. The number of esters is 3. The molecule has 3 saturated heterocycles. The van der Waals surface area contributed by atoms with Gasteiger partial charge in [-0.25, -0.2) is 14.4 Å². The number of carbonyl (C=O) groups excluding carboxylic acids is 3. The van der Waals surface area contributed by atoms with E-state index in [-0.39, 0.29) is 68.2 Å². The highest BCUT2D eigenvalue weighted by Gasteiger charge is 2.46.